The molecule has 8 nitrogen and oxygen atoms in total. The molecule has 0 saturated heterocycles. The highest BCUT2D eigenvalue weighted by atomic mass is 79.9. The number of nitrogens with zero attached hydrogens (tertiary/aromatic N) is 2. The average molecular weight is 537 g/mol. The van der Waals surface area contributed by atoms with Crippen LogP contribution in [0, 0.1) is 0 Å². The first kappa shape index (κ1) is 23.6. The maximum atomic E-state index is 13.2. The molecule has 0 fully saturated rings. The minimum Gasteiger partial charge on any atom is -0.454 e. The molecule has 0 bridgehead atoms. The normalized spacial score (nSPS) is 14.3. The van der Waals surface area contributed by atoms with E-state index in [1.807, 2.05) is 6.92 Å². The molecule has 0 atom stereocenters. The molecule has 2 amide bonds. The zero-order chi connectivity index (χ0) is 23.8. The summed E-state index contributed by atoms with van der Waals surface area (Å²) in [6.45, 7) is 4.66. The van der Waals surface area contributed by atoms with E-state index in [-0.39, 0.29) is 35.7 Å². The molecule has 0 aromatic heterocycles. The lowest BCUT2D eigenvalue weighted by Crippen LogP contribution is -2.32. The first-order valence-corrected chi connectivity index (χ1v) is 13.2. The van der Waals surface area contributed by atoms with Gasteiger partial charge in [-0.2, -0.15) is 0 Å². The minimum absolute atomic E-state index is 0.0445. The van der Waals surface area contributed by atoms with Crippen molar-refractivity contribution in [2.45, 2.75) is 38.0 Å². The molecular weight excluding hydrogens is 512 g/mol. The van der Waals surface area contributed by atoms with Crippen molar-refractivity contribution in [3.05, 3.63) is 40.4 Å². The summed E-state index contributed by atoms with van der Waals surface area (Å²) < 4.78 is 37.5. The number of fused-ring (bicyclic) bond motifs is 2. The predicted octanol–water partition coefficient (Wildman–Crippen LogP) is 3.69. The molecule has 2 aliphatic rings. The standard InChI is InChI=1S/C23H25BrN2O6S/c1-3-22(27)26-9-7-15-11-17(24)21(13-18(15)26)33(29,30)10-8-23(28)25(4-2)16-5-6-19-20(12-16)32-14-31-19/h5-6,11-13H,3-4,7-10,14H2,1-2H3. The Morgan fingerprint density at radius 2 is 1.88 bits per heavy atom. The average Bonchev–Trinajstić information content (AvgIpc) is 3.43. The molecule has 4 rings (SSSR count). The van der Waals surface area contributed by atoms with Crippen LogP contribution < -0.4 is 19.3 Å². The van der Waals surface area contributed by atoms with E-state index < -0.39 is 9.84 Å². The second-order valence-corrected chi connectivity index (χ2v) is 10.7. The SMILES string of the molecule is CCC(=O)N1CCc2cc(Br)c(S(=O)(=O)CCC(=O)N(CC)c3ccc4c(c3)OCO4)cc21. The highest BCUT2D eigenvalue weighted by Gasteiger charge is 2.29. The van der Waals surface area contributed by atoms with Crippen molar-refractivity contribution in [1.29, 1.82) is 0 Å². The van der Waals surface area contributed by atoms with Gasteiger partial charge >= 0.3 is 0 Å². The number of sulfone groups is 1. The quantitative estimate of drug-likeness (QED) is 0.535. The van der Waals surface area contributed by atoms with Crippen molar-refractivity contribution in [3.8, 4) is 11.5 Å². The Morgan fingerprint density at radius 1 is 1.12 bits per heavy atom. The third-order valence-corrected chi connectivity index (χ3v) is 8.51. The topological polar surface area (TPSA) is 93.2 Å². The fraction of sp³-hybridized carbons (Fsp3) is 0.391. The molecule has 0 spiro atoms. The van der Waals surface area contributed by atoms with Crippen LogP contribution in [0.4, 0.5) is 11.4 Å². The number of rotatable bonds is 7. The van der Waals surface area contributed by atoms with Gasteiger partial charge in [-0.15, -0.1) is 0 Å². The first-order valence-electron chi connectivity index (χ1n) is 10.8. The van der Waals surface area contributed by atoms with Crippen LogP contribution >= 0.6 is 15.9 Å². The molecule has 0 unspecified atom stereocenters. The molecule has 176 valence electrons. The number of hydrogen-bond acceptors (Lipinski definition) is 6. The predicted molar refractivity (Wildman–Crippen MR) is 128 cm³/mol. The molecule has 0 saturated carbocycles. The van der Waals surface area contributed by atoms with Gasteiger partial charge in [0.15, 0.2) is 21.3 Å². The van der Waals surface area contributed by atoms with Gasteiger partial charge in [0.2, 0.25) is 18.6 Å². The monoisotopic (exact) mass is 536 g/mol. The lowest BCUT2D eigenvalue weighted by Gasteiger charge is -2.21. The second-order valence-electron chi connectivity index (χ2n) is 7.80. The zero-order valence-corrected chi connectivity index (χ0v) is 20.9. The molecule has 2 aromatic rings. The zero-order valence-electron chi connectivity index (χ0n) is 18.5. The van der Waals surface area contributed by atoms with Gasteiger partial charge < -0.3 is 19.3 Å². The number of ether oxygens (including phenoxy) is 2. The molecule has 2 heterocycles. The summed E-state index contributed by atoms with van der Waals surface area (Å²) in [5, 5.41) is 0. The summed E-state index contributed by atoms with van der Waals surface area (Å²) in [6.07, 6.45) is 0.851. The van der Waals surface area contributed by atoms with E-state index in [2.05, 4.69) is 15.9 Å². The van der Waals surface area contributed by atoms with Crippen LogP contribution in [0.25, 0.3) is 0 Å². The Labute approximate surface area is 201 Å². The Bertz CT molecular complexity index is 1210. The molecule has 2 aromatic carbocycles. The highest BCUT2D eigenvalue weighted by molar-refractivity contribution is 9.10. The fourth-order valence-electron chi connectivity index (χ4n) is 4.10. The Morgan fingerprint density at radius 3 is 2.61 bits per heavy atom. The fourth-order valence-corrected chi connectivity index (χ4v) is 6.54. The number of benzene rings is 2. The molecule has 2 aliphatic heterocycles. The third kappa shape index (κ3) is 4.59. The smallest absolute Gasteiger partial charge is 0.231 e. The van der Waals surface area contributed by atoms with Crippen molar-refractivity contribution in [3.63, 3.8) is 0 Å². The van der Waals surface area contributed by atoms with Gasteiger partial charge in [-0.3, -0.25) is 9.59 Å². The molecule has 0 radical (unpaired) electrons. The molecule has 10 heteroatoms. The first-order chi connectivity index (χ1) is 15.7. The van der Waals surface area contributed by atoms with E-state index in [0.29, 0.717) is 53.3 Å². The van der Waals surface area contributed by atoms with Crippen LogP contribution in [0.3, 0.4) is 0 Å². The molecule has 33 heavy (non-hydrogen) atoms. The lowest BCUT2D eigenvalue weighted by atomic mass is 10.2. The van der Waals surface area contributed by atoms with E-state index in [9.17, 15) is 18.0 Å². The van der Waals surface area contributed by atoms with Crippen molar-refractivity contribution in [2.75, 3.05) is 35.4 Å². The number of anilines is 2. The van der Waals surface area contributed by atoms with Crippen LogP contribution in [0.15, 0.2) is 39.7 Å². The summed E-state index contributed by atoms with van der Waals surface area (Å²) in [5.41, 5.74) is 2.18. The van der Waals surface area contributed by atoms with E-state index in [0.717, 1.165) is 5.56 Å². The summed E-state index contributed by atoms with van der Waals surface area (Å²) in [5.74, 6) is 0.477. The summed E-state index contributed by atoms with van der Waals surface area (Å²) in [6, 6.07) is 8.51. The van der Waals surface area contributed by atoms with Crippen molar-refractivity contribution >= 4 is 49.0 Å². The van der Waals surface area contributed by atoms with Crippen LogP contribution in [0.2, 0.25) is 0 Å². The number of carbonyl (C=O) groups excluding carboxylic acids is 2. The largest absolute Gasteiger partial charge is 0.454 e. The maximum Gasteiger partial charge on any atom is 0.231 e. The minimum atomic E-state index is -3.77. The Hall–Kier alpha value is -2.59. The third-order valence-electron chi connectivity index (χ3n) is 5.84. The van der Waals surface area contributed by atoms with Crippen molar-refractivity contribution in [1.82, 2.24) is 0 Å². The maximum absolute atomic E-state index is 13.2. The van der Waals surface area contributed by atoms with E-state index in [1.54, 1.807) is 42.2 Å². The number of hydrogen-bond donors (Lipinski definition) is 0. The van der Waals surface area contributed by atoms with E-state index in [4.69, 9.17) is 9.47 Å². The Kier molecular flexibility index (Phi) is 6.67. The van der Waals surface area contributed by atoms with Gasteiger partial charge in [-0.1, -0.05) is 6.92 Å². The molecular formula is C23H25BrN2O6S. The van der Waals surface area contributed by atoms with Crippen LogP contribution in [-0.2, 0) is 25.8 Å². The van der Waals surface area contributed by atoms with Crippen LogP contribution in [0.1, 0.15) is 32.3 Å². The second kappa shape index (κ2) is 9.34. The van der Waals surface area contributed by atoms with Gasteiger partial charge in [0.05, 0.1) is 10.6 Å². The Balaban J connectivity index is 1.52. The van der Waals surface area contributed by atoms with Crippen LogP contribution in [-0.4, -0.2) is 45.9 Å². The number of carbonyl (C=O) groups is 2. The van der Waals surface area contributed by atoms with E-state index >= 15 is 0 Å². The molecule has 0 N–H and O–H groups in total. The van der Waals surface area contributed by atoms with Crippen molar-refractivity contribution < 1.29 is 27.5 Å². The number of halogens is 1. The summed E-state index contributed by atoms with van der Waals surface area (Å²) >= 11 is 3.37. The summed E-state index contributed by atoms with van der Waals surface area (Å²) in [7, 11) is -3.77. The van der Waals surface area contributed by atoms with Gasteiger partial charge in [0.1, 0.15) is 0 Å². The lowest BCUT2D eigenvalue weighted by molar-refractivity contribution is -0.119. The summed E-state index contributed by atoms with van der Waals surface area (Å²) in [4.78, 5) is 28.4. The van der Waals surface area contributed by atoms with Gasteiger partial charge in [-0.25, -0.2) is 8.42 Å². The number of amides is 2. The van der Waals surface area contributed by atoms with Crippen LogP contribution in [0.5, 0.6) is 11.5 Å². The molecule has 0 aliphatic carbocycles. The highest BCUT2D eigenvalue weighted by Crippen LogP contribution is 2.37. The van der Waals surface area contributed by atoms with Crippen molar-refractivity contribution in [2.24, 2.45) is 0 Å². The van der Waals surface area contributed by atoms with Gasteiger partial charge in [0.25, 0.3) is 0 Å². The van der Waals surface area contributed by atoms with E-state index in [1.165, 1.54) is 4.90 Å². The van der Waals surface area contributed by atoms with Gasteiger partial charge in [0, 0.05) is 47.8 Å². The van der Waals surface area contributed by atoms with Gasteiger partial charge in [-0.05, 0) is 59.1 Å².